The highest BCUT2D eigenvalue weighted by Gasteiger charge is 2.15. The molecular formula is C17H28N2O3. The fourth-order valence-corrected chi connectivity index (χ4v) is 1.90. The first-order valence-electron chi connectivity index (χ1n) is 7.71. The van der Waals surface area contributed by atoms with Gasteiger partial charge in [0.15, 0.2) is 0 Å². The van der Waals surface area contributed by atoms with Gasteiger partial charge in [0.25, 0.3) is 0 Å². The molecule has 0 aliphatic rings. The summed E-state index contributed by atoms with van der Waals surface area (Å²) in [7, 11) is 1.67. The molecule has 1 rings (SSSR count). The number of methoxy groups -OCH3 is 1. The zero-order valence-corrected chi connectivity index (χ0v) is 14.1. The van der Waals surface area contributed by atoms with Gasteiger partial charge in [-0.15, -0.1) is 0 Å². The zero-order valence-electron chi connectivity index (χ0n) is 14.1. The summed E-state index contributed by atoms with van der Waals surface area (Å²) in [6.45, 7) is 7.78. The zero-order chi connectivity index (χ0) is 16.4. The number of benzene rings is 1. The van der Waals surface area contributed by atoms with Crippen LogP contribution in [0.1, 0.15) is 32.8 Å². The van der Waals surface area contributed by atoms with Crippen molar-refractivity contribution in [1.29, 1.82) is 0 Å². The minimum Gasteiger partial charge on any atom is -0.497 e. The van der Waals surface area contributed by atoms with Crippen LogP contribution in [0.2, 0.25) is 0 Å². The average Bonchev–Trinajstić information content (AvgIpc) is 2.45. The quantitative estimate of drug-likeness (QED) is 0.725. The molecule has 1 aromatic rings. The van der Waals surface area contributed by atoms with Gasteiger partial charge in [0.1, 0.15) is 11.4 Å². The summed E-state index contributed by atoms with van der Waals surface area (Å²) in [5.74, 6) is 0.884. The van der Waals surface area contributed by atoms with E-state index < -0.39 is 5.60 Å². The molecule has 0 spiro atoms. The smallest absolute Gasteiger partial charge is 0.407 e. The second-order valence-corrected chi connectivity index (χ2v) is 6.13. The maximum atomic E-state index is 11.4. The van der Waals surface area contributed by atoms with E-state index in [9.17, 15) is 4.79 Å². The first-order chi connectivity index (χ1) is 10.4. The molecule has 0 aromatic heterocycles. The summed E-state index contributed by atoms with van der Waals surface area (Å²) in [4.78, 5) is 11.4. The summed E-state index contributed by atoms with van der Waals surface area (Å²) >= 11 is 0. The van der Waals surface area contributed by atoms with Gasteiger partial charge in [-0.3, -0.25) is 0 Å². The third-order valence-corrected chi connectivity index (χ3v) is 2.95. The Morgan fingerprint density at radius 2 is 1.77 bits per heavy atom. The van der Waals surface area contributed by atoms with Gasteiger partial charge >= 0.3 is 6.09 Å². The lowest BCUT2D eigenvalue weighted by Crippen LogP contribution is -2.36. The van der Waals surface area contributed by atoms with E-state index in [2.05, 4.69) is 22.8 Å². The Bertz CT molecular complexity index is 438. The molecule has 0 atom stereocenters. The Hall–Kier alpha value is -1.75. The predicted octanol–water partition coefficient (Wildman–Crippen LogP) is 2.74. The molecule has 0 aliphatic carbocycles. The van der Waals surface area contributed by atoms with Crippen molar-refractivity contribution in [3.05, 3.63) is 29.8 Å². The van der Waals surface area contributed by atoms with Crippen molar-refractivity contribution in [2.24, 2.45) is 0 Å². The molecule has 0 heterocycles. The summed E-state index contributed by atoms with van der Waals surface area (Å²) in [6.07, 6.45) is 1.71. The molecule has 0 aliphatic heterocycles. The lowest BCUT2D eigenvalue weighted by atomic mass is 10.1. The van der Waals surface area contributed by atoms with Gasteiger partial charge in [-0.1, -0.05) is 12.1 Å². The van der Waals surface area contributed by atoms with Gasteiger partial charge in [0.05, 0.1) is 7.11 Å². The Kier molecular flexibility index (Phi) is 7.74. The van der Waals surface area contributed by atoms with Gasteiger partial charge in [0, 0.05) is 13.1 Å². The largest absolute Gasteiger partial charge is 0.497 e. The van der Waals surface area contributed by atoms with Crippen molar-refractivity contribution in [2.45, 2.75) is 39.2 Å². The molecule has 1 amide bonds. The number of alkyl carbamates (subject to hydrolysis) is 1. The number of amides is 1. The normalized spacial score (nSPS) is 11.1. The first kappa shape index (κ1) is 18.3. The number of carbonyl (C=O) groups excluding carboxylic acids is 1. The Morgan fingerprint density at radius 1 is 1.09 bits per heavy atom. The number of nitrogens with one attached hydrogen (secondary N) is 2. The molecular weight excluding hydrogens is 280 g/mol. The maximum Gasteiger partial charge on any atom is 0.407 e. The van der Waals surface area contributed by atoms with Crippen molar-refractivity contribution in [1.82, 2.24) is 10.6 Å². The summed E-state index contributed by atoms with van der Waals surface area (Å²) < 4.78 is 10.3. The second-order valence-electron chi connectivity index (χ2n) is 6.13. The van der Waals surface area contributed by atoms with Gasteiger partial charge in [-0.25, -0.2) is 4.79 Å². The first-order valence-corrected chi connectivity index (χ1v) is 7.71. The fourth-order valence-electron chi connectivity index (χ4n) is 1.90. The second kappa shape index (κ2) is 9.30. The Labute approximate surface area is 133 Å². The molecule has 0 bridgehead atoms. The summed E-state index contributed by atoms with van der Waals surface area (Å²) in [6, 6.07) is 8.13. The van der Waals surface area contributed by atoms with Gasteiger partial charge < -0.3 is 20.1 Å². The van der Waals surface area contributed by atoms with E-state index in [1.807, 2.05) is 32.9 Å². The number of carbonyl (C=O) groups is 1. The van der Waals surface area contributed by atoms with Crippen LogP contribution in [0.25, 0.3) is 0 Å². The molecule has 2 N–H and O–H groups in total. The van der Waals surface area contributed by atoms with Crippen LogP contribution in [-0.2, 0) is 11.2 Å². The SMILES string of the molecule is COc1ccc(CCCNCCNC(=O)OC(C)(C)C)cc1. The van der Waals surface area contributed by atoms with E-state index in [1.165, 1.54) is 5.56 Å². The molecule has 1 aromatic carbocycles. The minimum atomic E-state index is -0.449. The van der Waals surface area contributed by atoms with Crippen molar-refractivity contribution in [3.8, 4) is 5.75 Å². The van der Waals surface area contributed by atoms with E-state index in [4.69, 9.17) is 9.47 Å². The Balaban J connectivity index is 2.02. The van der Waals surface area contributed by atoms with Crippen LogP contribution in [0.3, 0.4) is 0 Å². The highest BCUT2D eigenvalue weighted by molar-refractivity contribution is 5.67. The molecule has 0 radical (unpaired) electrons. The van der Waals surface area contributed by atoms with Crippen LogP contribution < -0.4 is 15.4 Å². The van der Waals surface area contributed by atoms with Gasteiger partial charge in [-0.2, -0.15) is 0 Å². The molecule has 0 unspecified atom stereocenters. The standard InChI is InChI=1S/C17H28N2O3/c1-17(2,3)22-16(20)19-13-12-18-11-5-6-14-7-9-15(21-4)10-8-14/h7-10,18H,5-6,11-13H2,1-4H3,(H,19,20). The topological polar surface area (TPSA) is 59.6 Å². The lowest BCUT2D eigenvalue weighted by molar-refractivity contribution is 0.0528. The van der Waals surface area contributed by atoms with Gasteiger partial charge in [0.2, 0.25) is 0 Å². The third kappa shape index (κ3) is 8.52. The monoisotopic (exact) mass is 308 g/mol. The van der Waals surface area contributed by atoms with Crippen molar-refractivity contribution in [3.63, 3.8) is 0 Å². The third-order valence-electron chi connectivity index (χ3n) is 2.95. The average molecular weight is 308 g/mol. The van der Waals surface area contributed by atoms with E-state index in [1.54, 1.807) is 7.11 Å². The van der Waals surface area contributed by atoms with Crippen molar-refractivity contribution in [2.75, 3.05) is 26.7 Å². The number of hydrogen-bond donors (Lipinski definition) is 2. The van der Waals surface area contributed by atoms with Crippen LogP contribution in [0.5, 0.6) is 5.75 Å². The van der Waals surface area contributed by atoms with Crippen LogP contribution in [0.4, 0.5) is 4.79 Å². The lowest BCUT2D eigenvalue weighted by Gasteiger charge is -2.19. The van der Waals surface area contributed by atoms with E-state index in [-0.39, 0.29) is 6.09 Å². The van der Waals surface area contributed by atoms with Crippen LogP contribution >= 0.6 is 0 Å². The molecule has 5 heteroatoms. The summed E-state index contributed by atoms with van der Waals surface area (Å²) in [5, 5.41) is 6.02. The van der Waals surface area contributed by atoms with E-state index >= 15 is 0 Å². The molecule has 0 fully saturated rings. The number of rotatable bonds is 8. The van der Waals surface area contributed by atoms with E-state index in [0.29, 0.717) is 6.54 Å². The van der Waals surface area contributed by atoms with Crippen molar-refractivity contribution < 1.29 is 14.3 Å². The predicted molar refractivity (Wildman–Crippen MR) is 88.4 cm³/mol. The molecule has 0 saturated carbocycles. The summed E-state index contributed by atoms with van der Waals surface area (Å²) in [5.41, 5.74) is 0.852. The van der Waals surface area contributed by atoms with Crippen LogP contribution in [0, 0.1) is 0 Å². The van der Waals surface area contributed by atoms with Crippen LogP contribution in [0.15, 0.2) is 24.3 Å². The highest BCUT2D eigenvalue weighted by Crippen LogP contribution is 2.12. The fraction of sp³-hybridized carbons (Fsp3) is 0.588. The van der Waals surface area contributed by atoms with E-state index in [0.717, 1.165) is 31.7 Å². The molecule has 5 nitrogen and oxygen atoms in total. The molecule has 124 valence electrons. The number of aryl methyl sites for hydroxylation is 1. The molecule has 22 heavy (non-hydrogen) atoms. The number of hydrogen-bond acceptors (Lipinski definition) is 4. The number of ether oxygens (including phenoxy) is 2. The Morgan fingerprint density at radius 3 is 2.36 bits per heavy atom. The maximum absolute atomic E-state index is 11.4. The van der Waals surface area contributed by atoms with Crippen molar-refractivity contribution >= 4 is 6.09 Å². The highest BCUT2D eigenvalue weighted by atomic mass is 16.6. The molecule has 0 saturated heterocycles. The van der Waals surface area contributed by atoms with Gasteiger partial charge in [-0.05, 0) is 57.9 Å². The van der Waals surface area contributed by atoms with Crippen LogP contribution in [-0.4, -0.2) is 38.4 Å². The minimum absolute atomic E-state index is 0.368.